The Hall–Kier alpha value is -2.53. The minimum absolute atomic E-state index is 0.0428. The fourth-order valence-electron chi connectivity index (χ4n) is 3.26. The molecule has 5 nitrogen and oxygen atoms in total. The Balaban J connectivity index is 2.02. The van der Waals surface area contributed by atoms with E-state index >= 15 is 0 Å². The third-order valence-electron chi connectivity index (χ3n) is 5.03. The van der Waals surface area contributed by atoms with Crippen molar-refractivity contribution in [3.63, 3.8) is 0 Å². The molecule has 0 spiro atoms. The van der Waals surface area contributed by atoms with Crippen molar-refractivity contribution in [3.8, 4) is 5.75 Å². The summed E-state index contributed by atoms with van der Waals surface area (Å²) in [7, 11) is 0. The molecular formula is C25H33ClN2O3. The van der Waals surface area contributed by atoms with Crippen molar-refractivity contribution in [2.75, 3.05) is 13.2 Å². The molecule has 1 N–H and O–H groups in total. The first-order chi connectivity index (χ1) is 14.9. The Kier molecular flexibility index (Phi) is 10.4. The first-order valence-corrected chi connectivity index (χ1v) is 11.3. The summed E-state index contributed by atoms with van der Waals surface area (Å²) in [6.45, 7) is 7.42. The van der Waals surface area contributed by atoms with Gasteiger partial charge in [-0.15, -0.1) is 0 Å². The van der Waals surface area contributed by atoms with E-state index in [2.05, 4.69) is 5.32 Å². The van der Waals surface area contributed by atoms with Gasteiger partial charge in [-0.1, -0.05) is 55.3 Å². The molecule has 0 aromatic heterocycles. The molecule has 2 aromatic rings. The summed E-state index contributed by atoms with van der Waals surface area (Å²) < 4.78 is 5.70. The summed E-state index contributed by atoms with van der Waals surface area (Å²) in [5.74, 6) is 0.583. The lowest BCUT2D eigenvalue weighted by Crippen LogP contribution is -2.49. The van der Waals surface area contributed by atoms with Crippen LogP contribution in [-0.4, -0.2) is 35.9 Å². The van der Waals surface area contributed by atoms with Gasteiger partial charge in [-0.05, 0) is 56.0 Å². The van der Waals surface area contributed by atoms with Crippen LogP contribution in [-0.2, 0) is 16.1 Å². The number of rotatable bonds is 12. The van der Waals surface area contributed by atoms with Crippen LogP contribution in [0, 0.1) is 6.92 Å². The second-order valence-corrected chi connectivity index (χ2v) is 8.06. The van der Waals surface area contributed by atoms with Crippen molar-refractivity contribution in [1.29, 1.82) is 0 Å². The third kappa shape index (κ3) is 8.25. The number of aryl methyl sites for hydroxylation is 1. The summed E-state index contributed by atoms with van der Waals surface area (Å²) in [5, 5.41) is 3.59. The molecule has 6 heteroatoms. The predicted molar refractivity (Wildman–Crippen MR) is 125 cm³/mol. The molecule has 0 aliphatic rings. The number of hydrogen-bond acceptors (Lipinski definition) is 3. The fourth-order valence-corrected chi connectivity index (χ4v) is 3.39. The van der Waals surface area contributed by atoms with Gasteiger partial charge in [0.25, 0.3) is 0 Å². The summed E-state index contributed by atoms with van der Waals surface area (Å²) in [5.41, 5.74) is 2.17. The van der Waals surface area contributed by atoms with E-state index < -0.39 is 6.04 Å². The highest BCUT2D eigenvalue weighted by atomic mass is 35.5. The molecular weight excluding hydrogens is 412 g/mol. The van der Waals surface area contributed by atoms with Gasteiger partial charge in [0.15, 0.2) is 0 Å². The molecule has 0 heterocycles. The quantitative estimate of drug-likeness (QED) is 0.461. The number of ether oxygens (including phenoxy) is 1. The largest absolute Gasteiger partial charge is 0.494 e. The van der Waals surface area contributed by atoms with E-state index in [1.165, 1.54) is 0 Å². The van der Waals surface area contributed by atoms with Crippen LogP contribution >= 0.6 is 11.6 Å². The molecule has 0 unspecified atom stereocenters. The zero-order valence-corrected chi connectivity index (χ0v) is 19.5. The Bertz CT molecular complexity index is 822. The fraction of sp³-hybridized carbons (Fsp3) is 0.440. The number of nitrogens with one attached hydrogen (secondary N) is 1. The van der Waals surface area contributed by atoms with Crippen LogP contribution in [0.5, 0.6) is 5.75 Å². The van der Waals surface area contributed by atoms with Gasteiger partial charge in [-0.3, -0.25) is 9.59 Å². The minimum Gasteiger partial charge on any atom is -0.494 e. The summed E-state index contributed by atoms with van der Waals surface area (Å²) in [6, 6.07) is 14.7. The standard InChI is InChI=1S/C25H33ClN2O3/c1-4-16-27-25(30)23(5-2)28(18-20-10-8-19(3)9-11-20)24(29)7-6-17-31-22-14-12-21(26)13-15-22/h8-15,23H,4-7,16-18H2,1-3H3,(H,27,30)/t23-/m1/s1. The molecule has 2 aromatic carbocycles. The number of benzene rings is 2. The Labute approximate surface area is 190 Å². The van der Waals surface area contributed by atoms with Crippen molar-refractivity contribution >= 4 is 23.4 Å². The monoisotopic (exact) mass is 444 g/mol. The van der Waals surface area contributed by atoms with Crippen molar-refractivity contribution in [2.24, 2.45) is 0 Å². The number of amides is 2. The number of carbonyl (C=O) groups excluding carboxylic acids is 2. The SMILES string of the molecule is CCCNC(=O)[C@@H](CC)N(Cc1ccc(C)cc1)C(=O)CCCOc1ccc(Cl)cc1. The van der Waals surface area contributed by atoms with E-state index in [1.54, 1.807) is 29.2 Å². The molecule has 2 rings (SSSR count). The highest BCUT2D eigenvalue weighted by molar-refractivity contribution is 6.30. The molecule has 0 saturated carbocycles. The number of hydrogen-bond donors (Lipinski definition) is 1. The van der Waals surface area contributed by atoms with E-state index in [9.17, 15) is 9.59 Å². The van der Waals surface area contributed by atoms with Crippen molar-refractivity contribution in [1.82, 2.24) is 10.2 Å². The summed E-state index contributed by atoms with van der Waals surface area (Å²) in [4.78, 5) is 27.6. The predicted octanol–water partition coefficient (Wildman–Crippen LogP) is 5.14. The Morgan fingerprint density at radius 2 is 1.74 bits per heavy atom. The molecule has 0 saturated heterocycles. The molecule has 0 fully saturated rings. The summed E-state index contributed by atoms with van der Waals surface area (Å²) in [6.07, 6.45) is 2.31. The van der Waals surface area contributed by atoms with Crippen LogP contribution in [0.2, 0.25) is 5.02 Å². The maximum atomic E-state index is 13.1. The van der Waals surface area contributed by atoms with Gasteiger partial charge in [-0.25, -0.2) is 0 Å². The Morgan fingerprint density at radius 3 is 2.35 bits per heavy atom. The van der Waals surface area contributed by atoms with Gasteiger partial charge < -0.3 is 15.0 Å². The topological polar surface area (TPSA) is 58.6 Å². The second kappa shape index (κ2) is 13.0. The normalized spacial score (nSPS) is 11.6. The maximum absolute atomic E-state index is 13.1. The van der Waals surface area contributed by atoms with Gasteiger partial charge in [0.05, 0.1) is 6.61 Å². The Morgan fingerprint density at radius 1 is 1.06 bits per heavy atom. The zero-order valence-electron chi connectivity index (χ0n) is 18.7. The number of halogens is 1. The lowest BCUT2D eigenvalue weighted by atomic mass is 10.1. The number of nitrogens with zero attached hydrogens (tertiary/aromatic N) is 1. The van der Waals surface area contributed by atoms with E-state index in [0.29, 0.717) is 44.0 Å². The van der Waals surface area contributed by atoms with Gasteiger partial charge in [0.2, 0.25) is 11.8 Å². The van der Waals surface area contributed by atoms with Crippen molar-refractivity contribution in [2.45, 2.75) is 59.0 Å². The van der Waals surface area contributed by atoms with Gasteiger partial charge in [0.1, 0.15) is 11.8 Å². The van der Waals surface area contributed by atoms with E-state index in [0.717, 1.165) is 23.3 Å². The average molecular weight is 445 g/mol. The first-order valence-electron chi connectivity index (χ1n) is 11.0. The van der Waals surface area contributed by atoms with Crippen LogP contribution in [0.25, 0.3) is 0 Å². The molecule has 2 amide bonds. The van der Waals surface area contributed by atoms with Gasteiger partial charge in [0, 0.05) is 24.5 Å². The van der Waals surface area contributed by atoms with Crippen LogP contribution in [0.3, 0.4) is 0 Å². The van der Waals surface area contributed by atoms with Crippen LogP contribution in [0.1, 0.15) is 50.7 Å². The highest BCUT2D eigenvalue weighted by Gasteiger charge is 2.28. The molecule has 31 heavy (non-hydrogen) atoms. The molecule has 1 atom stereocenters. The second-order valence-electron chi connectivity index (χ2n) is 7.63. The molecule has 168 valence electrons. The lowest BCUT2D eigenvalue weighted by Gasteiger charge is -2.30. The van der Waals surface area contributed by atoms with Crippen molar-refractivity contribution in [3.05, 3.63) is 64.7 Å². The first kappa shape index (κ1) is 24.7. The average Bonchev–Trinajstić information content (AvgIpc) is 2.77. The van der Waals surface area contributed by atoms with E-state index in [1.807, 2.05) is 45.0 Å². The van der Waals surface area contributed by atoms with Crippen molar-refractivity contribution < 1.29 is 14.3 Å². The summed E-state index contributed by atoms with van der Waals surface area (Å²) >= 11 is 5.89. The van der Waals surface area contributed by atoms with Crippen LogP contribution < -0.4 is 10.1 Å². The highest BCUT2D eigenvalue weighted by Crippen LogP contribution is 2.17. The van der Waals surface area contributed by atoms with E-state index in [4.69, 9.17) is 16.3 Å². The smallest absolute Gasteiger partial charge is 0.242 e. The zero-order chi connectivity index (χ0) is 22.6. The van der Waals surface area contributed by atoms with E-state index in [-0.39, 0.29) is 11.8 Å². The molecule has 0 bridgehead atoms. The van der Waals surface area contributed by atoms with Crippen LogP contribution in [0.15, 0.2) is 48.5 Å². The maximum Gasteiger partial charge on any atom is 0.242 e. The minimum atomic E-state index is -0.488. The lowest BCUT2D eigenvalue weighted by molar-refractivity contribution is -0.141. The van der Waals surface area contributed by atoms with Gasteiger partial charge in [-0.2, -0.15) is 0 Å². The molecule has 0 aliphatic heterocycles. The molecule has 0 aliphatic carbocycles. The number of carbonyl (C=O) groups is 2. The molecule has 0 radical (unpaired) electrons. The third-order valence-corrected chi connectivity index (χ3v) is 5.28. The van der Waals surface area contributed by atoms with Gasteiger partial charge >= 0.3 is 0 Å². The van der Waals surface area contributed by atoms with Crippen LogP contribution in [0.4, 0.5) is 0 Å².